The van der Waals surface area contributed by atoms with Gasteiger partial charge in [-0.15, -0.1) is 0 Å². The Bertz CT molecular complexity index is 811. The van der Waals surface area contributed by atoms with Crippen LogP contribution < -0.4 is 10.2 Å². The molecule has 0 bridgehead atoms. The fraction of sp³-hybridized carbons (Fsp3) is 0.389. The van der Waals surface area contributed by atoms with Gasteiger partial charge in [0.05, 0.1) is 17.0 Å². The lowest BCUT2D eigenvalue weighted by Crippen LogP contribution is -2.41. The molecule has 0 saturated carbocycles. The van der Waals surface area contributed by atoms with Gasteiger partial charge in [-0.05, 0) is 37.0 Å². The Hall–Kier alpha value is -3.03. The molecule has 136 valence electrons. The minimum atomic E-state index is -1.00. The van der Waals surface area contributed by atoms with Crippen LogP contribution >= 0.6 is 0 Å². The number of hydrogen-bond donors (Lipinski definition) is 2. The van der Waals surface area contributed by atoms with Gasteiger partial charge >= 0.3 is 5.97 Å². The molecule has 0 aromatic carbocycles. The van der Waals surface area contributed by atoms with Gasteiger partial charge in [0.2, 0.25) is 11.9 Å². The largest absolute Gasteiger partial charge is 0.478 e. The monoisotopic (exact) mass is 355 g/mol. The van der Waals surface area contributed by atoms with Crippen LogP contribution in [0.3, 0.4) is 0 Å². The number of carbonyl (C=O) groups is 2. The van der Waals surface area contributed by atoms with Crippen molar-refractivity contribution in [2.75, 3.05) is 24.5 Å². The van der Waals surface area contributed by atoms with Crippen molar-refractivity contribution in [3.05, 3.63) is 36.2 Å². The summed E-state index contributed by atoms with van der Waals surface area (Å²) in [6, 6.07) is 4.67. The molecule has 1 fully saturated rings. The SMILES string of the molecule is CC(=O)NC[C@@H]1CCCN(c2nccc(-c3cc(C(=O)O)ccn3)n2)C1. The zero-order valence-corrected chi connectivity index (χ0v) is 14.6. The summed E-state index contributed by atoms with van der Waals surface area (Å²) in [6.45, 7) is 3.79. The number of anilines is 1. The van der Waals surface area contributed by atoms with Crippen molar-refractivity contribution < 1.29 is 14.7 Å². The van der Waals surface area contributed by atoms with E-state index in [9.17, 15) is 9.59 Å². The normalized spacial score (nSPS) is 17.0. The van der Waals surface area contributed by atoms with Crippen molar-refractivity contribution in [1.82, 2.24) is 20.3 Å². The van der Waals surface area contributed by atoms with E-state index in [1.165, 1.54) is 25.3 Å². The van der Waals surface area contributed by atoms with Crippen LogP contribution in [0, 0.1) is 5.92 Å². The van der Waals surface area contributed by atoms with Gasteiger partial charge in [-0.1, -0.05) is 0 Å². The number of carboxylic acid groups (broad SMARTS) is 1. The van der Waals surface area contributed by atoms with E-state index in [1.807, 2.05) is 0 Å². The van der Waals surface area contributed by atoms with Gasteiger partial charge in [-0.3, -0.25) is 9.78 Å². The predicted molar refractivity (Wildman–Crippen MR) is 95.8 cm³/mol. The van der Waals surface area contributed by atoms with Crippen molar-refractivity contribution in [2.45, 2.75) is 19.8 Å². The lowest BCUT2D eigenvalue weighted by atomic mass is 9.98. The van der Waals surface area contributed by atoms with Crippen molar-refractivity contribution in [1.29, 1.82) is 0 Å². The molecule has 0 spiro atoms. The molecule has 2 aromatic rings. The molecule has 0 aliphatic carbocycles. The minimum absolute atomic E-state index is 0.0234. The number of rotatable bonds is 5. The van der Waals surface area contributed by atoms with Crippen molar-refractivity contribution >= 4 is 17.8 Å². The van der Waals surface area contributed by atoms with E-state index in [1.54, 1.807) is 12.3 Å². The Kier molecular flexibility index (Phi) is 5.40. The first kappa shape index (κ1) is 17.8. The quantitative estimate of drug-likeness (QED) is 0.838. The number of piperidine rings is 1. The number of nitrogens with zero attached hydrogens (tertiary/aromatic N) is 4. The lowest BCUT2D eigenvalue weighted by molar-refractivity contribution is -0.119. The Labute approximate surface area is 151 Å². The molecule has 8 heteroatoms. The number of amides is 1. The molecular weight excluding hydrogens is 334 g/mol. The molecule has 0 unspecified atom stereocenters. The molecule has 1 aliphatic heterocycles. The van der Waals surface area contributed by atoms with E-state index in [-0.39, 0.29) is 11.5 Å². The van der Waals surface area contributed by atoms with Crippen LogP contribution in [0.4, 0.5) is 5.95 Å². The van der Waals surface area contributed by atoms with Crippen LogP contribution in [0.15, 0.2) is 30.6 Å². The van der Waals surface area contributed by atoms with Gasteiger partial charge in [-0.2, -0.15) is 0 Å². The maximum atomic E-state index is 11.1. The van der Waals surface area contributed by atoms with E-state index in [2.05, 4.69) is 25.2 Å². The van der Waals surface area contributed by atoms with Crippen molar-refractivity contribution in [3.63, 3.8) is 0 Å². The smallest absolute Gasteiger partial charge is 0.335 e. The third-order valence-corrected chi connectivity index (χ3v) is 4.35. The molecule has 1 amide bonds. The molecule has 3 heterocycles. The molecule has 0 radical (unpaired) electrons. The van der Waals surface area contributed by atoms with E-state index in [4.69, 9.17) is 5.11 Å². The molecule has 2 aromatic heterocycles. The van der Waals surface area contributed by atoms with Crippen LogP contribution in [0.2, 0.25) is 0 Å². The van der Waals surface area contributed by atoms with Crippen LogP contribution in [0.1, 0.15) is 30.1 Å². The molecular formula is C18H21N5O3. The average molecular weight is 355 g/mol. The van der Waals surface area contributed by atoms with E-state index in [0.717, 1.165) is 25.9 Å². The summed E-state index contributed by atoms with van der Waals surface area (Å²) in [5.74, 6) is -0.0737. The molecule has 2 N–H and O–H groups in total. The number of aromatic carboxylic acids is 1. The zero-order chi connectivity index (χ0) is 18.5. The third kappa shape index (κ3) is 4.33. The van der Waals surface area contributed by atoms with Gasteiger partial charge in [0.25, 0.3) is 0 Å². The maximum absolute atomic E-state index is 11.1. The molecule has 8 nitrogen and oxygen atoms in total. The highest BCUT2D eigenvalue weighted by atomic mass is 16.4. The Morgan fingerprint density at radius 1 is 1.27 bits per heavy atom. The minimum Gasteiger partial charge on any atom is -0.478 e. The van der Waals surface area contributed by atoms with Gasteiger partial charge in [0, 0.05) is 39.0 Å². The van der Waals surface area contributed by atoms with Crippen LogP contribution in [0.5, 0.6) is 0 Å². The molecule has 26 heavy (non-hydrogen) atoms. The fourth-order valence-corrected chi connectivity index (χ4v) is 3.05. The average Bonchev–Trinajstić information content (AvgIpc) is 2.67. The first-order chi connectivity index (χ1) is 12.5. The highest BCUT2D eigenvalue weighted by Crippen LogP contribution is 2.22. The predicted octanol–water partition coefficient (Wildman–Crippen LogP) is 1.59. The fourth-order valence-electron chi connectivity index (χ4n) is 3.05. The standard InChI is InChI=1S/C18H21N5O3/c1-12(24)21-10-13-3-2-8-23(11-13)18-20-7-5-15(22-18)16-9-14(17(25)26)4-6-19-16/h4-7,9,13H,2-3,8,10-11H2,1H3,(H,21,24)(H,25,26)/t13-/m0/s1. The first-order valence-corrected chi connectivity index (χ1v) is 8.55. The van der Waals surface area contributed by atoms with Gasteiger partial charge in [-0.25, -0.2) is 14.8 Å². The maximum Gasteiger partial charge on any atom is 0.335 e. The first-order valence-electron chi connectivity index (χ1n) is 8.55. The number of hydrogen-bond acceptors (Lipinski definition) is 6. The second kappa shape index (κ2) is 7.90. The third-order valence-electron chi connectivity index (χ3n) is 4.35. The van der Waals surface area contributed by atoms with E-state index >= 15 is 0 Å². The number of nitrogens with one attached hydrogen (secondary N) is 1. The lowest BCUT2D eigenvalue weighted by Gasteiger charge is -2.32. The highest BCUT2D eigenvalue weighted by molar-refractivity contribution is 5.88. The summed E-state index contributed by atoms with van der Waals surface area (Å²) in [5, 5.41) is 12.0. The number of carbonyl (C=O) groups excluding carboxylic acids is 1. The number of pyridine rings is 1. The second-order valence-electron chi connectivity index (χ2n) is 6.37. The Morgan fingerprint density at radius 2 is 2.08 bits per heavy atom. The molecule has 1 saturated heterocycles. The van der Waals surface area contributed by atoms with Crippen LogP contribution in [-0.2, 0) is 4.79 Å². The van der Waals surface area contributed by atoms with E-state index in [0.29, 0.717) is 29.8 Å². The Balaban J connectivity index is 1.77. The number of carboxylic acids is 1. The summed E-state index contributed by atoms with van der Waals surface area (Å²) in [5.41, 5.74) is 1.26. The molecule has 1 atom stereocenters. The van der Waals surface area contributed by atoms with Gasteiger partial charge in [0.15, 0.2) is 0 Å². The Morgan fingerprint density at radius 3 is 2.85 bits per heavy atom. The summed E-state index contributed by atoms with van der Waals surface area (Å²) < 4.78 is 0. The van der Waals surface area contributed by atoms with Gasteiger partial charge in [0.1, 0.15) is 0 Å². The molecule has 1 aliphatic rings. The summed E-state index contributed by atoms with van der Waals surface area (Å²) in [4.78, 5) is 37.5. The highest BCUT2D eigenvalue weighted by Gasteiger charge is 2.22. The summed E-state index contributed by atoms with van der Waals surface area (Å²) >= 11 is 0. The topological polar surface area (TPSA) is 108 Å². The van der Waals surface area contributed by atoms with Crippen LogP contribution in [-0.4, -0.2) is 51.6 Å². The summed E-state index contributed by atoms with van der Waals surface area (Å²) in [6.07, 6.45) is 5.18. The van der Waals surface area contributed by atoms with Crippen molar-refractivity contribution in [3.8, 4) is 11.4 Å². The van der Waals surface area contributed by atoms with Crippen LogP contribution in [0.25, 0.3) is 11.4 Å². The van der Waals surface area contributed by atoms with E-state index < -0.39 is 5.97 Å². The zero-order valence-electron chi connectivity index (χ0n) is 14.6. The number of aromatic nitrogens is 3. The van der Waals surface area contributed by atoms with Crippen molar-refractivity contribution in [2.24, 2.45) is 5.92 Å². The molecule has 3 rings (SSSR count). The van der Waals surface area contributed by atoms with Gasteiger partial charge < -0.3 is 15.3 Å². The summed E-state index contributed by atoms with van der Waals surface area (Å²) in [7, 11) is 0. The second-order valence-corrected chi connectivity index (χ2v) is 6.37.